The van der Waals surface area contributed by atoms with Crippen molar-refractivity contribution in [1.82, 2.24) is 16.8 Å². The third-order valence-electron chi connectivity index (χ3n) is 5.55. The molecule has 1 atom stereocenters. The fourth-order valence-electron chi connectivity index (χ4n) is 3.71. The van der Waals surface area contributed by atoms with Crippen molar-refractivity contribution in [3.8, 4) is 0 Å². The average molecular weight is 498 g/mol. The van der Waals surface area contributed by atoms with E-state index in [1.54, 1.807) is 0 Å². The SMILES string of the molecule is CCCCCCCCCCCCCCCCCCNC(CC)NCC.CCOS(=O)(=O)O.N. The van der Waals surface area contributed by atoms with Crippen molar-refractivity contribution in [3.63, 3.8) is 0 Å². The summed E-state index contributed by atoms with van der Waals surface area (Å²) in [5, 5.41) is 7.08. The van der Waals surface area contributed by atoms with Crippen molar-refractivity contribution in [2.75, 3.05) is 19.7 Å². The first-order valence-electron chi connectivity index (χ1n) is 13.5. The Balaban J connectivity index is -0.000000969. The molecule has 0 aromatic carbocycles. The Hall–Kier alpha value is -0.250. The van der Waals surface area contributed by atoms with Crippen LogP contribution in [0.15, 0.2) is 0 Å². The van der Waals surface area contributed by atoms with Gasteiger partial charge in [0, 0.05) is 0 Å². The Bertz CT molecular complexity index is 451. The zero-order valence-corrected chi connectivity index (χ0v) is 23.3. The van der Waals surface area contributed by atoms with Gasteiger partial charge < -0.3 is 16.8 Å². The molecule has 0 rings (SSSR count). The van der Waals surface area contributed by atoms with Crippen LogP contribution in [0.5, 0.6) is 0 Å². The van der Waals surface area contributed by atoms with Crippen molar-refractivity contribution in [1.29, 1.82) is 0 Å². The molecule has 0 saturated carbocycles. The summed E-state index contributed by atoms with van der Waals surface area (Å²) in [4.78, 5) is 0. The van der Waals surface area contributed by atoms with Gasteiger partial charge in [-0.05, 0) is 32.9 Å². The van der Waals surface area contributed by atoms with Crippen molar-refractivity contribution >= 4 is 10.4 Å². The van der Waals surface area contributed by atoms with Gasteiger partial charge >= 0.3 is 10.4 Å². The largest absolute Gasteiger partial charge is 0.397 e. The summed E-state index contributed by atoms with van der Waals surface area (Å²) in [7, 11) is -4.17. The molecule has 33 heavy (non-hydrogen) atoms. The standard InChI is InChI=1S/C23H50N2.C2H6O4S.H3N/c1-4-7-8-9-10-11-12-13-14-15-16-17-18-19-20-21-22-25-23(5-2)24-6-3;1-2-6-7(3,4)5;/h23-25H,4-22H2,1-3H3;2H2,1H3,(H,3,4,5);1H3. The molecule has 0 radical (unpaired) electrons. The minimum absolute atomic E-state index is 0. The van der Waals surface area contributed by atoms with Crippen LogP contribution in [-0.4, -0.2) is 38.8 Å². The van der Waals surface area contributed by atoms with Crippen LogP contribution in [0, 0.1) is 0 Å². The van der Waals surface area contributed by atoms with Crippen LogP contribution in [0.4, 0.5) is 0 Å². The maximum Gasteiger partial charge on any atom is 0.397 e. The molecule has 204 valence electrons. The molecule has 0 amide bonds. The lowest BCUT2D eigenvalue weighted by atomic mass is 10.0. The fourth-order valence-corrected chi connectivity index (χ4v) is 4.00. The van der Waals surface area contributed by atoms with Gasteiger partial charge in [-0.3, -0.25) is 4.55 Å². The fraction of sp³-hybridized carbons (Fsp3) is 1.00. The van der Waals surface area contributed by atoms with Gasteiger partial charge in [0.2, 0.25) is 0 Å². The first-order valence-corrected chi connectivity index (χ1v) is 14.9. The number of rotatable bonds is 23. The van der Waals surface area contributed by atoms with Crippen LogP contribution in [0.1, 0.15) is 137 Å². The van der Waals surface area contributed by atoms with E-state index in [2.05, 4.69) is 35.6 Å². The van der Waals surface area contributed by atoms with Crippen LogP contribution < -0.4 is 16.8 Å². The summed E-state index contributed by atoms with van der Waals surface area (Å²) < 4.78 is 30.7. The molecule has 0 aliphatic rings. The summed E-state index contributed by atoms with van der Waals surface area (Å²) in [5.74, 6) is 0. The Morgan fingerprint density at radius 3 is 1.33 bits per heavy atom. The molecule has 0 aromatic rings. The molecule has 0 fully saturated rings. The van der Waals surface area contributed by atoms with E-state index >= 15 is 0 Å². The summed E-state index contributed by atoms with van der Waals surface area (Å²) in [5.41, 5.74) is 0. The van der Waals surface area contributed by atoms with Gasteiger partial charge in [-0.2, -0.15) is 8.42 Å². The number of nitrogens with one attached hydrogen (secondary N) is 2. The van der Waals surface area contributed by atoms with Crippen LogP contribution in [-0.2, 0) is 14.6 Å². The van der Waals surface area contributed by atoms with Crippen molar-refractivity contribution in [3.05, 3.63) is 0 Å². The predicted molar refractivity (Wildman–Crippen MR) is 144 cm³/mol. The van der Waals surface area contributed by atoms with E-state index < -0.39 is 10.4 Å². The molecule has 7 nitrogen and oxygen atoms in total. The molecule has 0 saturated heterocycles. The molecule has 8 heteroatoms. The van der Waals surface area contributed by atoms with Gasteiger partial charge in [0.15, 0.2) is 0 Å². The summed E-state index contributed by atoms with van der Waals surface area (Å²) in [6.45, 7) is 10.4. The van der Waals surface area contributed by atoms with Gasteiger partial charge in [0.1, 0.15) is 0 Å². The van der Waals surface area contributed by atoms with E-state index in [0.717, 1.165) is 6.54 Å². The summed E-state index contributed by atoms with van der Waals surface area (Å²) >= 11 is 0. The van der Waals surface area contributed by atoms with Gasteiger partial charge in [0.05, 0.1) is 12.8 Å². The van der Waals surface area contributed by atoms with Crippen molar-refractivity contribution in [2.24, 2.45) is 0 Å². The van der Waals surface area contributed by atoms with E-state index in [-0.39, 0.29) is 12.8 Å². The third kappa shape index (κ3) is 36.5. The van der Waals surface area contributed by atoms with Gasteiger partial charge in [-0.25, -0.2) is 4.18 Å². The Morgan fingerprint density at radius 1 is 0.667 bits per heavy atom. The van der Waals surface area contributed by atoms with E-state index in [1.165, 1.54) is 123 Å². The first kappa shape index (κ1) is 37.3. The topological polar surface area (TPSA) is 123 Å². The molecule has 0 bridgehead atoms. The smallest absolute Gasteiger partial charge is 0.344 e. The normalized spacial score (nSPS) is 12.0. The average Bonchev–Trinajstić information content (AvgIpc) is 2.74. The monoisotopic (exact) mass is 497 g/mol. The second kappa shape index (κ2) is 29.8. The molecular formula is C25H59N3O4S. The maximum absolute atomic E-state index is 9.56. The van der Waals surface area contributed by atoms with Gasteiger partial charge in [-0.1, -0.05) is 117 Å². The molecule has 0 aliphatic carbocycles. The first-order chi connectivity index (χ1) is 15.4. The van der Waals surface area contributed by atoms with E-state index in [1.807, 2.05) is 0 Å². The summed E-state index contributed by atoms with van der Waals surface area (Å²) in [6, 6.07) is 0. The second-order valence-corrected chi connectivity index (χ2v) is 9.70. The van der Waals surface area contributed by atoms with Crippen LogP contribution >= 0.6 is 0 Å². The maximum atomic E-state index is 9.56. The highest BCUT2D eigenvalue weighted by atomic mass is 32.3. The van der Waals surface area contributed by atoms with E-state index in [4.69, 9.17) is 4.55 Å². The molecular weight excluding hydrogens is 438 g/mol. The molecule has 1 unspecified atom stereocenters. The van der Waals surface area contributed by atoms with Crippen molar-refractivity contribution in [2.45, 2.75) is 143 Å². The lowest BCUT2D eigenvalue weighted by Gasteiger charge is -2.17. The lowest BCUT2D eigenvalue weighted by molar-refractivity contribution is 0.283. The van der Waals surface area contributed by atoms with Crippen LogP contribution in [0.2, 0.25) is 0 Å². The molecule has 6 N–H and O–H groups in total. The molecule has 0 heterocycles. The second-order valence-electron chi connectivity index (χ2n) is 8.61. The highest BCUT2D eigenvalue weighted by molar-refractivity contribution is 7.80. The van der Waals surface area contributed by atoms with E-state index in [9.17, 15) is 8.42 Å². The lowest BCUT2D eigenvalue weighted by Crippen LogP contribution is -2.41. The Morgan fingerprint density at radius 2 is 1.06 bits per heavy atom. The molecule has 0 aromatic heterocycles. The third-order valence-corrected chi connectivity index (χ3v) is 6.08. The Kier molecular flexibility index (Phi) is 33.7. The summed E-state index contributed by atoms with van der Waals surface area (Å²) in [6.07, 6.45) is 24.8. The quantitative estimate of drug-likeness (QED) is 0.0670. The minimum atomic E-state index is -4.17. The van der Waals surface area contributed by atoms with Gasteiger partial charge in [0.25, 0.3) is 0 Å². The van der Waals surface area contributed by atoms with E-state index in [0.29, 0.717) is 6.17 Å². The molecule has 0 aliphatic heterocycles. The zero-order chi connectivity index (χ0) is 24.3. The van der Waals surface area contributed by atoms with Crippen LogP contribution in [0.3, 0.4) is 0 Å². The number of hydrogen-bond acceptors (Lipinski definition) is 6. The van der Waals surface area contributed by atoms with Crippen molar-refractivity contribution < 1.29 is 17.2 Å². The molecule has 0 spiro atoms. The number of unbranched alkanes of at least 4 members (excludes halogenated alkanes) is 15. The Labute approximate surface area is 207 Å². The predicted octanol–water partition coefficient (Wildman–Crippen LogP) is 7.17. The van der Waals surface area contributed by atoms with Crippen LogP contribution in [0.25, 0.3) is 0 Å². The minimum Gasteiger partial charge on any atom is -0.344 e. The highest BCUT2D eigenvalue weighted by Gasteiger charge is 2.01. The van der Waals surface area contributed by atoms with Gasteiger partial charge in [-0.15, -0.1) is 0 Å². The number of hydrogen-bond donors (Lipinski definition) is 4. The highest BCUT2D eigenvalue weighted by Crippen LogP contribution is 2.13. The zero-order valence-electron chi connectivity index (χ0n) is 22.5.